The van der Waals surface area contributed by atoms with Gasteiger partial charge in [-0.25, -0.2) is 0 Å². The smallest absolute Gasteiger partial charge is 0.227 e. The second-order valence-corrected chi connectivity index (χ2v) is 4.89. The van der Waals surface area contributed by atoms with Crippen molar-refractivity contribution in [1.29, 1.82) is 0 Å². The summed E-state index contributed by atoms with van der Waals surface area (Å²) >= 11 is 5.95. The van der Waals surface area contributed by atoms with Crippen LogP contribution < -0.4 is 15.8 Å². The first-order valence-electron chi connectivity index (χ1n) is 6.51. The average Bonchev–Trinajstić information content (AvgIpc) is 2.38. The number of carbonyl (C=O) groups is 1. The number of carbonyl (C=O) groups excluding carboxylic acids is 1. The molecule has 0 spiro atoms. The molecule has 1 rings (SSSR count). The molecule has 1 atom stereocenters. The highest BCUT2D eigenvalue weighted by Crippen LogP contribution is 2.28. The van der Waals surface area contributed by atoms with Crippen LogP contribution in [0.5, 0.6) is 5.75 Å². The molecule has 0 heterocycles. The molecular formula is C14H21ClN2O2. The van der Waals surface area contributed by atoms with Crippen LogP contribution in [0.4, 0.5) is 5.69 Å². The van der Waals surface area contributed by atoms with Crippen molar-refractivity contribution in [3.8, 4) is 5.75 Å². The van der Waals surface area contributed by atoms with Crippen LogP contribution in [-0.2, 0) is 4.79 Å². The van der Waals surface area contributed by atoms with Crippen molar-refractivity contribution in [2.75, 3.05) is 18.5 Å². The minimum absolute atomic E-state index is 0.0749. The van der Waals surface area contributed by atoms with Crippen LogP contribution >= 0.6 is 11.6 Å². The van der Waals surface area contributed by atoms with Crippen LogP contribution in [-0.4, -0.2) is 19.1 Å². The van der Waals surface area contributed by atoms with Gasteiger partial charge in [0.05, 0.1) is 12.3 Å². The first-order valence-corrected chi connectivity index (χ1v) is 6.89. The van der Waals surface area contributed by atoms with Crippen LogP contribution in [0, 0.1) is 5.92 Å². The fourth-order valence-corrected chi connectivity index (χ4v) is 1.75. The van der Waals surface area contributed by atoms with Gasteiger partial charge in [-0.2, -0.15) is 0 Å². The maximum absolute atomic E-state index is 12.0. The third kappa shape index (κ3) is 5.09. The number of nitrogens with one attached hydrogen (secondary N) is 1. The van der Waals surface area contributed by atoms with Gasteiger partial charge in [0.1, 0.15) is 5.75 Å². The third-order valence-electron chi connectivity index (χ3n) is 2.71. The van der Waals surface area contributed by atoms with E-state index in [1.165, 1.54) is 0 Å². The van der Waals surface area contributed by atoms with E-state index in [4.69, 9.17) is 22.1 Å². The zero-order valence-electron chi connectivity index (χ0n) is 11.4. The lowest BCUT2D eigenvalue weighted by atomic mass is 10.1. The Hall–Kier alpha value is -1.26. The molecule has 0 fully saturated rings. The highest BCUT2D eigenvalue weighted by Gasteiger charge is 2.14. The van der Waals surface area contributed by atoms with Crippen LogP contribution in [0.2, 0.25) is 5.02 Å². The van der Waals surface area contributed by atoms with E-state index >= 15 is 0 Å². The largest absolute Gasteiger partial charge is 0.491 e. The molecule has 0 saturated heterocycles. The van der Waals surface area contributed by atoms with Crippen molar-refractivity contribution in [2.45, 2.75) is 26.7 Å². The van der Waals surface area contributed by atoms with E-state index in [2.05, 4.69) is 5.32 Å². The monoisotopic (exact) mass is 284 g/mol. The van der Waals surface area contributed by atoms with E-state index in [0.29, 0.717) is 36.0 Å². The lowest BCUT2D eigenvalue weighted by molar-refractivity contribution is -0.119. The summed E-state index contributed by atoms with van der Waals surface area (Å²) in [5.74, 6) is 0.427. The molecule has 19 heavy (non-hydrogen) atoms. The van der Waals surface area contributed by atoms with Crippen LogP contribution in [0.25, 0.3) is 0 Å². The molecule has 4 nitrogen and oxygen atoms in total. The van der Waals surface area contributed by atoms with Gasteiger partial charge < -0.3 is 15.8 Å². The summed E-state index contributed by atoms with van der Waals surface area (Å²) in [5.41, 5.74) is 6.06. The molecule has 0 radical (unpaired) electrons. The predicted molar refractivity (Wildman–Crippen MR) is 78.7 cm³/mol. The first kappa shape index (κ1) is 15.8. The molecule has 1 aromatic carbocycles. The molecule has 5 heteroatoms. The Morgan fingerprint density at radius 1 is 1.53 bits per heavy atom. The standard InChI is InChI=1S/C14H21ClN2O2/c1-3-8-19-13-5-4-11(15)9-12(13)17-14(18)10(2)6-7-16/h4-5,9-10H,3,6-8,16H2,1-2H3,(H,17,18). The van der Waals surface area contributed by atoms with Gasteiger partial charge in [0.25, 0.3) is 0 Å². The number of hydrogen-bond acceptors (Lipinski definition) is 3. The minimum atomic E-state index is -0.136. The fraction of sp³-hybridized carbons (Fsp3) is 0.500. The van der Waals surface area contributed by atoms with Gasteiger partial charge in [-0.1, -0.05) is 25.4 Å². The van der Waals surface area contributed by atoms with Crippen molar-refractivity contribution in [3.63, 3.8) is 0 Å². The van der Waals surface area contributed by atoms with Crippen molar-refractivity contribution < 1.29 is 9.53 Å². The van der Waals surface area contributed by atoms with Gasteiger partial charge in [-0.15, -0.1) is 0 Å². The van der Waals surface area contributed by atoms with Gasteiger partial charge in [-0.3, -0.25) is 4.79 Å². The van der Waals surface area contributed by atoms with E-state index in [9.17, 15) is 4.79 Å². The number of benzene rings is 1. The number of hydrogen-bond donors (Lipinski definition) is 2. The minimum Gasteiger partial charge on any atom is -0.491 e. The van der Waals surface area contributed by atoms with Crippen molar-refractivity contribution in [2.24, 2.45) is 11.7 Å². The third-order valence-corrected chi connectivity index (χ3v) is 2.94. The van der Waals surface area contributed by atoms with Gasteiger partial charge >= 0.3 is 0 Å². The topological polar surface area (TPSA) is 64.3 Å². The zero-order chi connectivity index (χ0) is 14.3. The van der Waals surface area contributed by atoms with E-state index in [1.54, 1.807) is 18.2 Å². The Balaban J connectivity index is 2.79. The summed E-state index contributed by atoms with van der Waals surface area (Å²) in [4.78, 5) is 12.0. The van der Waals surface area contributed by atoms with Crippen LogP contribution in [0.3, 0.4) is 0 Å². The summed E-state index contributed by atoms with van der Waals surface area (Å²) in [7, 11) is 0. The summed E-state index contributed by atoms with van der Waals surface area (Å²) in [6, 6.07) is 5.20. The maximum Gasteiger partial charge on any atom is 0.227 e. The molecule has 0 aliphatic carbocycles. The van der Waals surface area contributed by atoms with Crippen molar-refractivity contribution in [3.05, 3.63) is 23.2 Å². The lowest BCUT2D eigenvalue weighted by Crippen LogP contribution is -2.23. The molecule has 3 N–H and O–H groups in total. The summed E-state index contributed by atoms with van der Waals surface area (Å²) < 4.78 is 5.58. The molecule has 0 saturated carbocycles. The summed E-state index contributed by atoms with van der Waals surface area (Å²) in [6.45, 7) is 4.96. The number of anilines is 1. The van der Waals surface area contributed by atoms with Gasteiger partial charge in [0, 0.05) is 10.9 Å². The van der Waals surface area contributed by atoms with E-state index in [0.717, 1.165) is 6.42 Å². The number of amides is 1. The Kier molecular flexibility index (Phi) is 6.67. The summed E-state index contributed by atoms with van der Waals surface area (Å²) in [6.07, 6.45) is 1.55. The molecular weight excluding hydrogens is 264 g/mol. The Labute approximate surface area is 119 Å². The quantitative estimate of drug-likeness (QED) is 0.809. The normalized spacial score (nSPS) is 12.0. The molecule has 1 aromatic rings. The Morgan fingerprint density at radius 3 is 2.89 bits per heavy atom. The van der Waals surface area contributed by atoms with E-state index in [-0.39, 0.29) is 11.8 Å². The molecule has 0 aliphatic rings. The lowest BCUT2D eigenvalue weighted by Gasteiger charge is -2.15. The van der Waals surface area contributed by atoms with Crippen LogP contribution in [0.1, 0.15) is 26.7 Å². The number of halogens is 1. The van der Waals surface area contributed by atoms with Gasteiger partial charge in [0.2, 0.25) is 5.91 Å². The Bertz CT molecular complexity index is 424. The molecule has 0 bridgehead atoms. The van der Waals surface area contributed by atoms with Crippen molar-refractivity contribution >= 4 is 23.2 Å². The maximum atomic E-state index is 12.0. The van der Waals surface area contributed by atoms with Gasteiger partial charge in [0.15, 0.2) is 0 Å². The summed E-state index contributed by atoms with van der Waals surface area (Å²) in [5, 5.41) is 3.40. The molecule has 106 valence electrons. The van der Waals surface area contributed by atoms with E-state index in [1.807, 2.05) is 13.8 Å². The molecule has 1 unspecified atom stereocenters. The SMILES string of the molecule is CCCOc1ccc(Cl)cc1NC(=O)C(C)CCN. The predicted octanol–water partition coefficient (Wildman–Crippen LogP) is 3.05. The van der Waals surface area contributed by atoms with Gasteiger partial charge in [-0.05, 0) is 37.6 Å². The second-order valence-electron chi connectivity index (χ2n) is 4.46. The Morgan fingerprint density at radius 2 is 2.26 bits per heavy atom. The first-order chi connectivity index (χ1) is 9.08. The molecule has 0 aliphatic heterocycles. The fourth-order valence-electron chi connectivity index (χ4n) is 1.57. The highest BCUT2D eigenvalue weighted by molar-refractivity contribution is 6.31. The number of nitrogens with two attached hydrogens (primary N) is 1. The van der Waals surface area contributed by atoms with Crippen LogP contribution in [0.15, 0.2) is 18.2 Å². The van der Waals surface area contributed by atoms with Crippen molar-refractivity contribution in [1.82, 2.24) is 0 Å². The number of ether oxygens (including phenoxy) is 1. The second kappa shape index (κ2) is 8.02. The molecule has 0 aromatic heterocycles. The molecule has 1 amide bonds. The zero-order valence-corrected chi connectivity index (χ0v) is 12.2. The van der Waals surface area contributed by atoms with E-state index < -0.39 is 0 Å². The highest BCUT2D eigenvalue weighted by atomic mass is 35.5. The average molecular weight is 285 g/mol. The number of rotatable bonds is 7.